The molecule has 2 aromatic rings. The normalized spacial score (nSPS) is 20.2. The predicted octanol–water partition coefficient (Wildman–Crippen LogP) is 1.55. The number of rotatable bonds is 2. The van der Waals surface area contributed by atoms with Gasteiger partial charge >= 0.3 is 0 Å². The number of nitrogens with one attached hydrogen (secondary N) is 1. The van der Waals surface area contributed by atoms with E-state index < -0.39 is 0 Å². The van der Waals surface area contributed by atoms with E-state index in [0.717, 1.165) is 25.9 Å². The largest absolute Gasteiger partial charge is 0.330 e. The first-order valence-corrected chi connectivity index (χ1v) is 7.00. The zero-order chi connectivity index (χ0) is 14.2. The highest BCUT2D eigenvalue weighted by molar-refractivity contribution is 5.38. The van der Waals surface area contributed by atoms with Crippen molar-refractivity contribution in [1.82, 2.24) is 30.2 Å². The molecule has 1 aliphatic heterocycles. The zero-order valence-corrected chi connectivity index (χ0v) is 12.1. The number of hydrogen-bond donors (Lipinski definition) is 1. The van der Waals surface area contributed by atoms with Gasteiger partial charge in [0.25, 0.3) is 5.89 Å². The van der Waals surface area contributed by atoms with Crippen molar-refractivity contribution in [2.24, 2.45) is 0 Å². The summed E-state index contributed by atoms with van der Waals surface area (Å²) in [6.45, 7) is 8.14. The highest BCUT2D eigenvalue weighted by Crippen LogP contribution is 2.22. The van der Waals surface area contributed by atoms with Gasteiger partial charge in [-0.25, -0.2) is 9.67 Å². The van der Waals surface area contributed by atoms with Crippen LogP contribution in [0.5, 0.6) is 0 Å². The fourth-order valence-electron chi connectivity index (χ4n) is 2.23. The Morgan fingerprint density at radius 2 is 2.25 bits per heavy atom. The SMILES string of the molecule is CC(C)(C)c1noc(-c2ncn(C3CCCNC3)n2)n1. The van der Waals surface area contributed by atoms with E-state index in [9.17, 15) is 0 Å². The molecule has 20 heavy (non-hydrogen) atoms. The standard InChI is InChI=1S/C13H20N6O/c1-13(2,3)12-16-11(20-18-12)10-15-8-19(17-10)9-5-4-6-14-7-9/h8-9,14H,4-7H2,1-3H3. The third-order valence-corrected chi connectivity index (χ3v) is 3.44. The van der Waals surface area contributed by atoms with Crippen molar-refractivity contribution >= 4 is 0 Å². The molecular weight excluding hydrogens is 256 g/mol. The third-order valence-electron chi connectivity index (χ3n) is 3.44. The van der Waals surface area contributed by atoms with Gasteiger partial charge in [-0.2, -0.15) is 4.98 Å². The second-order valence-electron chi connectivity index (χ2n) is 6.22. The van der Waals surface area contributed by atoms with Gasteiger partial charge in [0.15, 0.2) is 5.82 Å². The van der Waals surface area contributed by atoms with Crippen molar-refractivity contribution in [3.63, 3.8) is 0 Å². The molecule has 0 bridgehead atoms. The van der Waals surface area contributed by atoms with Crippen molar-refractivity contribution in [3.05, 3.63) is 12.2 Å². The van der Waals surface area contributed by atoms with Gasteiger partial charge in [-0.05, 0) is 19.4 Å². The molecule has 1 atom stereocenters. The van der Waals surface area contributed by atoms with Crippen LogP contribution in [-0.2, 0) is 5.41 Å². The molecule has 7 nitrogen and oxygen atoms in total. The summed E-state index contributed by atoms with van der Waals surface area (Å²) in [6, 6.07) is 0.356. The Bertz CT molecular complexity index is 576. The molecule has 0 aromatic carbocycles. The number of aromatic nitrogens is 5. The van der Waals surface area contributed by atoms with E-state index in [1.165, 1.54) is 0 Å². The first-order chi connectivity index (χ1) is 9.54. The maximum atomic E-state index is 5.26. The molecule has 1 N–H and O–H groups in total. The fraction of sp³-hybridized carbons (Fsp3) is 0.692. The van der Waals surface area contributed by atoms with Crippen LogP contribution >= 0.6 is 0 Å². The number of nitrogens with zero attached hydrogens (tertiary/aromatic N) is 5. The van der Waals surface area contributed by atoms with Gasteiger partial charge in [-0.3, -0.25) is 0 Å². The van der Waals surface area contributed by atoms with Gasteiger partial charge in [0.2, 0.25) is 5.82 Å². The lowest BCUT2D eigenvalue weighted by atomic mass is 9.96. The van der Waals surface area contributed by atoms with Crippen molar-refractivity contribution in [1.29, 1.82) is 0 Å². The van der Waals surface area contributed by atoms with Gasteiger partial charge < -0.3 is 9.84 Å². The predicted molar refractivity (Wildman–Crippen MR) is 73.2 cm³/mol. The number of piperidine rings is 1. The van der Waals surface area contributed by atoms with Gasteiger partial charge in [0.1, 0.15) is 6.33 Å². The lowest BCUT2D eigenvalue weighted by molar-refractivity contribution is 0.345. The zero-order valence-electron chi connectivity index (χ0n) is 12.1. The van der Waals surface area contributed by atoms with E-state index in [1.54, 1.807) is 6.33 Å². The molecule has 7 heteroatoms. The molecule has 3 rings (SSSR count). The highest BCUT2D eigenvalue weighted by Gasteiger charge is 2.24. The summed E-state index contributed by atoms with van der Waals surface area (Å²) in [7, 11) is 0. The molecule has 0 aliphatic carbocycles. The third kappa shape index (κ3) is 2.58. The Kier molecular flexibility index (Phi) is 3.29. The van der Waals surface area contributed by atoms with E-state index in [0.29, 0.717) is 23.6 Å². The Labute approximate surface area is 117 Å². The molecule has 1 saturated heterocycles. The van der Waals surface area contributed by atoms with E-state index in [2.05, 4.69) is 25.5 Å². The van der Waals surface area contributed by atoms with Crippen LogP contribution in [0.2, 0.25) is 0 Å². The lowest BCUT2D eigenvalue weighted by Crippen LogP contribution is -2.31. The second kappa shape index (κ2) is 4.97. The number of hydrogen-bond acceptors (Lipinski definition) is 6. The lowest BCUT2D eigenvalue weighted by Gasteiger charge is -2.22. The van der Waals surface area contributed by atoms with Gasteiger partial charge in [-0.1, -0.05) is 25.9 Å². The minimum atomic E-state index is -0.141. The summed E-state index contributed by atoms with van der Waals surface area (Å²) in [5, 5.41) is 11.8. The molecule has 3 heterocycles. The van der Waals surface area contributed by atoms with Gasteiger partial charge in [-0.15, -0.1) is 5.10 Å². The van der Waals surface area contributed by atoms with E-state index >= 15 is 0 Å². The molecular formula is C13H20N6O. The fourth-order valence-corrected chi connectivity index (χ4v) is 2.23. The Hall–Kier alpha value is -1.76. The maximum Gasteiger partial charge on any atom is 0.297 e. The molecule has 1 fully saturated rings. The van der Waals surface area contributed by atoms with Crippen LogP contribution in [0.3, 0.4) is 0 Å². The van der Waals surface area contributed by atoms with Crippen LogP contribution < -0.4 is 5.32 Å². The molecule has 0 saturated carbocycles. The Balaban J connectivity index is 1.81. The minimum Gasteiger partial charge on any atom is -0.330 e. The summed E-state index contributed by atoms with van der Waals surface area (Å²) < 4.78 is 7.15. The topological polar surface area (TPSA) is 81.7 Å². The second-order valence-corrected chi connectivity index (χ2v) is 6.22. The minimum absolute atomic E-state index is 0.141. The monoisotopic (exact) mass is 276 g/mol. The average molecular weight is 276 g/mol. The molecule has 1 unspecified atom stereocenters. The smallest absolute Gasteiger partial charge is 0.297 e. The summed E-state index contributed by atoms with van der Waals surface area (Å²) in [6.07, 6.45) is 4.02. The van der Waals surface area contributed by atoms with Gasteiger partial charge in [0.05, 0.1) is 6.04 Å². The molecule has 108 valence electrons. The van der Waals surface area contributed by atoms with E-state index in [4.69, 9.17) is 4.52 Å². The van der Waals surface area contributed by atoms with Crippen LogP contribution in [0.4, 0.5) is 0 Å². The highest BCUT2D eigenvalue weighted by atomic mass is 16.5. The summed E-state index contributed by atoms with van der Waals surface area (Å²) >= 11 is 0. The van der Waals surface area contributed by atoms with E-state index in [1.807, 2.05) is 25.5 Å². The quantitative estimate of drug-likeness (QED) is 0.896. The first kappa shape index (κ1) is 13.2. The molecule has 1 aliphatic rings. The van der Waals surface area contributed by atoms with Crippen LogP contribution in [0.25, 0.3) is 11.7 Å². The first-order valence-electron chi connectivity index (χ1n) is 7.00. The maximum absolute atomic E-state index is 5.26. The summed E-state index contributed by atoms with van der Waals surface area (Å²) in [5.41, 5.74) is -0.141. The van der Waals surface area contributed by atoms with Crippen LogP contribution in [0, 0.1) is 0 Å². The Morgan fingerprint density at radius 1 is 1.40 bits per heavy atom. The molecule has 0 amide bonds. The van der Waals surface area contributed by atoms with E-state index in [-0.39, 0.29) is 5.41 Å². The summed E-state index contributed by atoms with van der Waals surface area (Å²) in [4.78, 5) is 8.66. The average Bonchev–Trinajstić information content (AvgIpc) is 3.08. The summed E-state index contributed by atoms with van der Waals surface area (Å²) in [5.74, 6) is 1.55. The Morgan fingerprint density at radius 3 is 2.90 bits per heavy atom. The molecule has 2 aromatic heterocycles. The van der Waals surface area contributed by atoms with Gasteiger partial charge in [0, 0.05) is 12.0 Å². The van der Waals surface area contributed by atoms with Crippen LogP contribution in [0.15, 0.2) is 10.9 Å². The van der Waals surface area contributed by atoms with Crippen LogP contribution in [0.1, 0.15) is 45.5 Å². The van der Waals surface area contributed by atoms with Crippen molar-refractivity contribution in [3.8, 4) is 11.7 Å². The molecule has 0 radical (unpaired) electrons. The van der Waals surface area contributed by atoms with Crippen molar-refractivity contribution < 1.29 is 4.52 Å². The van der Waals surface area contributed by atoms with Crippen LogP contribution in [-0.4, -0.2) is 38.0 Å². The van der Waals surface area contributed by atoms with Crippen molar-refractivity contribution in [2.75, 3.05) is 13.1 Å². The van der Waals surface area contributed by atoms with Crippen molar-refractivity contribution in [2.45, 2.75) is 45.1 Å². The molecule has 0 spiro atoms.